The second kappa shape index (κ2) is 13.7. The number of imide groups is 1. The fraction of sp³-hybridized carbons (Fsp3) is 0.636. The standard InChI is InChI=1S/C33H48N6O4/c1-4-5-12-33-13-11-25(38(33)22-24(2)21-33)23-37-18-16-36(17-19-37)15-14-35-27-9-6-8-26-29(27)32(43)39(31(26)42)28(10-7-20-40)30(41)34-3/h6,8-9,20,25,28,35H,2,4-5,7,10-19,21-23H2,1,3H3,(H,34,41). The predicted molar refractivity (Wildman–Crippen MR) is 167 cm³/mol. The molecule has 4 aliphatic heterocycles. The molecule has 2 N–H and O–H groups in total. The maximum absolute atomic E-state index is 13.4. The van der Waals surface area contributed by atoms with Gasteiger partial charge in [0.25, 0.3) is 11.8 Å². The van der Waals surface area contributed by atoms with Gasteiger partial charge in [-0.25, -0.2) is 0 Å². The lowest BCUT2D eigenvalue weighted by Crippen LogP contribution is -2.52. The van der Waals surface area contributed by atoms with Crippen molar-refractivity contribution >= 4 is 29.7 Å². The Hall–Kier alpha value is -3.08. The Morgan fingerprint density at radius 2 is 1.93 bits per heavy atom. The van der Waals surface area contributed by atoms with Crippen LogP contribution in [0.5, 0.6) is 0 Å². The van der Waals surface area contributed by atoms with Crippen LogP contribution in [-0.2, 0) is 9.59 Å². The van der Waals surface area contributed by atoms with Gasteiger partial charge in [-0.3, -0.25) is 34.0 Å². The highest BCUT2D eigenvalue weighted by Gasteiger charge is 2.50. The van der Waals surface area contributed by atoms with E-state index < -0.39 is 23.8 Å². The van der Waals surface area contributed by atoms with E-state index in [-0.39, 0.29) is 18.4 Å². The van der Waals surface area contributed by atoms with Crippen molar-refractivity contribution in [2.75, 3.05) is 64.7 Å². The zero-order chi connectivity index (χ0) is 30.6. The SMILES string of the molecule is C=C1CN2C(CN3CCN(CCNc4cccc5c4C(=O)N(C(CCC=O)C(=O)NC)C5=O)CC3)CCC2(CCCC)C1. The fourth-order valence-corrected chi connectivity index (χ4v) is 7.77. The fourth-order valence-electron chi connectivity index (χ4n) is 7.77. The van der Waals surface area contributed by atoms with Gasteiger partial charge in [-0.1, -0.05) is 38.0 Å². The maximum atomic E-state index is 13.4. The third kappa shape index (κ3) is 6.42. The summed E-state index contributed by atoms with van der Waals surface area (Å²) < 4.78 is 0. The molecule has 0 saturated carbocycles. The molecule has 3 unspecified atom stereocenters. The number of carbonyl (C=O) groups is 4. The first-order chi connectivity index (χ1) is 20.8. The first-order valence-electron chi connectivity index (χ1n) is 16.1. The summed E-state index contributed by atoms with van der Waals surface area (Å²) in [6.45, 7) is 14.4. The number of aldehydes is 1. The zero-order valence-corrected chi connectivity index (χ0v) is 25.9. The summed E-state index contributed by atoms with van der Waals surface area (Å²) in [4.78, 5) is 59.0. The monoisotopic (exact) mass is 592 g/mol. The summed E-state index contributed by atoms with van der Waals surface area (Å²) in [7, 11) is 1.46. The van der Waals surface area contributed by atoms with Gasteiger partial charge in [0.05, 0.1) is 11.1 Å². The van der Waals surface area contributed by atoms with Crippen LogP contribution in [0.1, 0.15) is 79.0 Å². The number of fused-ring (bicyclic) bond motifs is 2. The molecular weight excluding hydrogens is 544 g/mol. The number of likely N-dealkylation sites (N-methyl/N-ethyl adjacent to an activating group) is 1. The van der Waals surface area contributed by atoms with Gasteiger partial charge in [0.15, 0.2) is 0 Å². The molecule has 0 radical (unpaired) electrons. The average molecular weight is 593 g/mol. The first-order valence-corrected chi connectivity index (χ1v) is 16.1. The molecule has 0 spiro atoms. The molecule has 3 saturated heterocycles. The Kier molecular flexibility index (Phi) is 9.99. The van der Waals surface area contributed by atoms with E-state index in [0.29, 0.717) is 35.7 Å². The summed E-state index contributed by atoms with van der Waals surface area (Å²) in [5, 5.41) is 5.90. The van der Waals surface area contributed by atoms with Gasteiger partial charge in [-0.15, -0.1) is 0 Å². The Balaban J connectivity index is 1.12. The molecule has 10 heteroatoms. The van der Waals surface area contributed by atoms with Crippen molar-refractivity contribution in [3.05, 3.63) is 41.5 Å². The van der Waals surface area contributed by atoms with E-state index in [2.05, 4.69) is 38.8 Å². The van der Waals surface area contributed by atoms with E-state index >= 15 is 0 Å². The second-order valence-electron chi connectivity index (χ2n) is 12.7. The van der Waals surface area contributed by atoms with Crippen LogP contribution < -0.4 is 10.6 Å². The number of nitrogens with zero attached hydrogens (tertiary/aromatic N) is 4. The van der Waals surface area contributed by atoms with Crippen molar-refractivity contribution in [3.63, 3.8) is 0 Å². The number of benzene rings is 1. The van der Waals surface area contributed by atoms with Crippen molar-refractivity contribution in [3.8, 4) is 0 Å². The van der Waals surface area contributed by atoms with Crippen LogP contribution in [-0.4, -0.2) is 121 Å². The number of rotatable bonds is 14. The Labute approximate surface area is 255 Å². The van der Waals surface area contributed by atoms with Gasteiger partial charge in [0.1, 0.15) is 12.3 Å². The first kappa shape index (κ1) is 31.3. The van der Waals surface area contributed by atoms with Gasteiger partial charge >= 0.3 is 0 Å². The van der Waals surface area contributed by atoms with Crippen molar-refractivity contribution in [2.24, 2.45) is 0 Å². The highest BCUT2D eigenvalue weighted by atomic mass is 16.2. The minimum Gasteiger partial charge on any atom is -0.383 e. The molecule has 3 fully saturated rings. The third-order valence-corrected chi connectivity index (χ3v) is 10.0. The Bertz CT molecular complexity index is 1230. The van der Waals surface area contributed by atoms with Gasteiger partial charge in [-0.2, -0.15) is 0 Å². The van der Waals surface area contributed by atoms with Crippen molar-refractivity contribution in [1.82, 2.24) is 24.9 Å². The van der Waals surface area contributed by atoms with Crippen LogP contribution in [0.2, 0.25) is 0 Å². The molecule has 3 atom stereocenters. The summed E-state index contributed by atoms with van der Waals surface area (Å²) >= 11 is 0. The lowest BCUT2D eigenvalue weighted by Gasteiger charge is -2.39. The van der Waals surface area contributed by atoms with Gasteiger partial charge in [-0.05, 0) is 44.2 Å². The smallest absolute Gasteiger partial charge is 0.264 e. The summed E-state index contributed by atoms with van der Waals surface area (Å²) in [6, 6.07) is 4.79. The number of hydrogen-bond acceptors (Lipinski definition) is 8. The average Bonchev–Trinajstić information content (AvgIpc) is 3.60. The number of unbranched alkanes of at least 4 members (excludes halogenated alkanes) is 1. The minimum absolute atomic E-state index is 0.0816. The summed E-state index contributed by atoms with van der Waals surface area (Å²) in [5.74, 6) is -1.45. The van der Waals surface area contributed by atoms with Crippen LogP contribution in [0.4, 0.5) is 5.69 Å². The number of nitrogens with one attached hydrogen (secondary N) is 2. The normalized spacial score (nSPS) is 25.2. The number of amides is 3. The molecule has 0 aliphatic carbocycles. The molecule has 10 nitrogen and oxygen atoms in total. The number of hydrogen-bond donors (Lipinski definition) is 2. The number of piperazine rings is 1. The lowest BCUT2D eigenvalue weighted by molar-refractivity contribution is -0.124. The van der Waals surface area contributed by atoms with Gasteiger partial charge in [0, 0.05) is 83.1 Å². The second-order valence-corrected chi connectivity index (χ2v) is 12.7. The topological polar surface area (TPSA) is 105 Å². The van der Waals surface area contributed by atoms with Crippen molar-refractivity contribution in [2.45, 2.75) is 75.9 Å². The minimum atomic E-state index is -1.02. The summed E-state index contributed by atoms with van der Waals surface area (Å²) in [5.41, 5.74) is 2.96. The molecule has 1 aromatic carbocycles. The molecule has 1 aromatic rings. The molecule has 4 heterocycles. The number of anilines is 1. The largest absolute Gasteiger partial charge is 0.383 e. The van der Waals surface area contributed by atoms with Crippen LogP contribution in [0.25, 0.3) is 0 Å². The molecule has 5 rings (SSSR count). The molecule has 0 bridgehead atoms. The highest BCUT2D eigenvalue weighted by Crippen LogP contribution is 2.47. The van der Waals surface area contributed by atoms with E-state index in [9.17, 15) is 19.2 Å². The maximum Gasteiger partial charge on any atom is 0.264 e. The van der Waals surface area contributed by atoms with Crippen LogP contribution in [0, 0.1) is 0 Å². The van der Waals surface area contributed by atoms with Crippen molar-refractivity contribution in [1.29, 1.82) is 0 Å². The Morgan fingerprint density at radius 3 is 2.65 bits per heavy atom. The van der Waals surface area contributed by atoms with Gasteiger partial charge < -0.3 is 15.4 Å². The molecule has 234 valence electrons. The quantitative estimate of drug-likeness (QED) is 0.193. The van der Waals surface area contributed by atoms with Crippen LogP contribution in [0.15, 0.2) is 30.4 Å². The lowest BCUT2D eigenvalue weighted by atomic mass is 9.87. The number of carbonyl (C=O) groups excluding carboxylic acids is 4. The molecular formula is C33H48N6O4. The van der Waals surface area contributed by atoms with E-state index in [1.165, 1.54) is 51.1 Å². The predicted octanol–water partition coefficient (Wildman–Crippen LogP) is 2.76. The molecule has 43 heavy (non-hydrogen) atoms. The van der Waals surface area contributed by atoms with E-state index in [1.807, 2.05) is 0 Å². The van der Waals surface area contributed by atoms with E-state index in [0.717, 1.165) is 50.7 Å². The van der Waals surface area contributed by atoms with Crippen molar-refractivity contribution < 1.29 is 19.2 Å². The third-order valence-electron chi connectivity index (χ3n) is 10.0. The van der Waals surface area contributed by atoms with Gasteiger partial charge in [0.2, 0.25) is 5.91 Å². The highest BCUT2D eigenvalue weighted by molar-refractivity contribution is 6.25. The summed E-state index contributed by atoms with van der Waals surface area (Å²) in [6.07, 6.45) is 8.51. The Morgan fingerprint density at radius 1 is 1.16 bits per heavy atom. The molecule has 0 aromatic heterocycles. The van der Waals surface area contributed by atoms with Crippen LogP contribution >= 0.6 is 0 Å². The molecule has 4 aliphatic rings. The van der Waals surface area contributed by atoms with E-state index in [1.54, 1.807) is 18.2 Å². The molecule has 3 amide bonds. The van der Waals surface area contributed by atoms with Crippen LogP contribution in [0.3, 0.4) is 0 Å². The van der Waals surface area contributed by atoms with E-state index in [4.69, 9.17) is 0 Å². The zero-order valence-electron chi connectivity index (χ0n) is 25.9.